The second kappa shape index (κ2) is 12.3. The topological polar surface area (TPSA) is 17.3 Å². The number of aromatic nitrogens is 1. The molecule has 4 aromatic carbocycles. The maximum Gasteiger partial charge on any atom is 0.133 e. The molecule has 1 heterocycles. The fourth-order valence-electron chi connectivity index (χ4n) is 6.85. The van der Waals surface area contributed by atoms with Crippen molar-refractivity contribution in [1.29, 1.82) is 0 Å². The molecule has 0 saturated heterocycles. The Morgan fingerprint density at radius 1 is 0.800 bits per heavy atom. The molecule has 2 nitrogen and oxygen atoms in total. The van der Waals surface area contributed by atoms with Gasteiger partial charge in [-0.05, 0) is 84.0 Å². The van der Waals surface area contributed by atoms with Crippen LogP contribution in [0.3, 0.4) is 0 Å². The first-order valence-corrected chi connectivity index (χ1v) is 15.4. The molecule has 5 aromatic rings. The summed E-state index contributed by atoms with van der Waals surface area (Å²) in [7, 11) is 0. The summed E-state index contributed by atoms with van der Waals surface area (Å²) < 4.78 is 2.28. The molecule has 6 rings (SSSR count). The summed E-state index contributed by atoms with van der Waals surface area (Å²) >= 11 is 0. The molecule has 0 aliphatic heterocycles. The Kier molecular flexibility index (Phi) is 8.06. The normalized spacial score (nSPS) is 15.0. The fourth-order valence-corrected chi connectivity index (χ4v) is 6.85. The van der Waals surface area contributed by atoms with E-state index in [0.29, 0.717) is 0 Å². The molecule has 0 bridgehead atoms. The largest absolute Gasteiger partial charge is 0.294 e. The van der Waals surface area contributed by atoms with Gasteiger partial charge in [-0.15, -0.1) is 0 Å². The van der Waals surface area contributed by atoms with Gasteiger partial charge in [0.1, 0.15) is 5.82 Å². The van der Waals surface area contributed by atoms with Gasteiger partial charge in [-0.25, -0.2) is 4.99 Å². The number of hydrogen-bond acceptors (Lipinski definition) is 1. The number of fused-ring (bicyclic) bond motifs is 4. The van der Waals surface area contributed by atoms with Crippen molar-refractivity contribution in [3.05, 3.63) is 193 Å². The summed E-state index contributed by atoms with van der Waals surface area (Å²) in [5.41, 5.74) is 10.6. The predicted molar refractivity (Wildman–Crippen MR) is 196 cm³/mol. The average molecular weight is 583 g/mol. The Morgan fingerprint density at radius 2 is 1.44 bits per heavy atom. The standard InChI is InChI=1S/C43H38N2/c1-7-11-21-30(5)31(6)44-42(10-4)45-40-27-19-18-26-35(40)37-28-39-36(29-41(37)45)34(9-3)38(20-8-2)43(39,32-22-14-12-15-23-32)33-24-16-13-17-25-33/h7-29H,1,3,5H2,2,4,6H3/b20-8-,21-11-,42-10+,44-31+. The van der Waals surface area contributed by atoms with Crippen molar-refractivity contribution in [2.24, 2.45) is 4.99 Å². The number of para-hydroxylation sites is 1. The first-order chi connectivity index (χ1) is 22.0. The summed E-state index contributed by atoms with van der Waals surface area (Å²) in [5, 5.41) is 2.37. The van der Waals surface area contributed by atoms with Crippen LogP contribution in [0.4, 0.5) is 0 Å². The highest BCUT2D eigenvalue weighted by atomic mass is 15.1. The molecule has 0 fully saturated rings. The lowest BCUT2D eigenvalue weighted by Crippen LogP contribution is -2.29. The van der Waals surface area contributed by atoms with Crippen LogP contribution < -0.4 is 0 Å². The highest BCUT2D eigenvalue weighted by Gasteiger charge is 2.46. The summed E-state index contributed by atoms with van der Waals surface area (Å²) in [6.07, 6.45) is 14.1. The smallest absolute Gasteiger partial charge is 0.133 e. The minimum atomic E-state index is -0.515. The number of aliphatic imine (C=N–C) groups is 1. The summed E-state index contributed by atoms with van der Waals surface area (Å²) in [5.74, 6) is 0.847. The average Bonchev–Trinajstić information content (AvgIpc) is 3.55. The van der Waals surface area contributed by atoms with Crippen molar-refractivity contribution >= 4 is 38.9 Å². The van der Waals surface area contributed by atoms with Crippen LogP contribution >= 0.6 is 0 Å². The van der Waals surface area contributed by atoms with Crippen molar-refractivity contribution in [2.75, 3.05) is 0 Å². The maximum absolute atomic E-state index is 5.10. The second-order valence-corrected chi connectivity index (χ2v) is 11.2. The van der Waals surface area contributed by atoms with E-state index in [2.05, 4.69) is 147 Å². The summed E-state index contributed by atoms with van der Waals surface area (Å²) in [6.45, 7) is 18.5. The highest BCUT2D eigenvalue weighted by Crippen LogP contribution is 2.56. The van der Waals surface area contributed by atoms with E-state index in [1.807, 2.05) is 32.1 Å². The van der Waals surface area contributed by atoms with Gasteiger partial charge in [-0.1, -0.05) is 135 Å². The third-order valence-electron chi connectivity index (χ3n) is 8.82. The van der Waals surface area contributed by atoms with Crippen molar-refractivity contribution in [3.8, 4) is 0 Å². The lowest BCUT2D eigenvalue weighted by molar-refractivity contribution is 0.762. The van der Waals surface area contributed by atoms with Crippen LogP contribution in [-0.2, 0) is 5.41 Å². The van der Waals surface area contributed by atoms with Gasteiger partial charge in [0.2, 0.25) is 0 Å². The Labute approximate surface area is 266 Å². The third-order valence-corrected chi connectivity index (χ3v) is 8.82. The number of hydrogen-bond donors (Lipinski definition) is 0. The van der Waals surface area contributed by atoms with Crippen LogP contribution in [-0.4, -0.2) is 10.3 Å². The van der Waals surface area contributed by atoms with E-state index in [4.69, 9.17) is 4.99 Å². The van der Waals surface area contributed by atoms with Crippen LogP contribution in [0.1, 0.15) is 43.0 Å². The van der Waals surface area contributed by atoms with Crippen LogP contribution in [0.5, 0.6) is 0 Å². The lowest BCUT2D eigenvalue weighted by Gasteiger charge is -2.35. The van der Waals surface area contributed by atoms with Gasteiger partial charge < -0.3 is 0 Å². The number of benzene rings is 4. The predicted octanol–water partition coefficient (Wildman–Crippen LogP) is 11.2. The minimum absolute atomic E-state index is 0.515. The first kappa shape index (κ1) is 29.6. The monoisotopic (exact) mass is 582 g/mol. The van der Waals surface area contributed by atoms with E-state index in [0.717, 1.165) is 33.7 Å². The van der Waals surface area contributed by atoms with E-state index in [9.17, 15) is 0 Å². The van der Waals surface area contributed by atoms with Crippen LogP contribution in [0, 0.1) is 0 Å². The molecule has 0 atom stereocenters. The van der Waals surface area contributed by atoms with Gasteiger partial charge in [0.05, 0.1) is 16.4 Å². The Morgan fingerprint density at radius 3 is 2.04 bits per heavy atom. The zero-order valence-corrected chi connectivity index (χ0v) is 26.3. The summed E-state index contributed by atoms with van der Waals surface area (Å²) in [4.78, 5) is 5.10. The Balaban J connectivity index is 1.74. The van der Waals surface area contributed by atoms with Gasteiger partial charge in [0.25, 0.3) is 0 Å². The first-order valence-electron chi connectivity index (χ1n) is 15.4. The van der Waals surface area contributed by atoms with Crippen LogP contribution in [0.15, 0.2) is 175 Å². The molecule has 1 aromatic heterocycles. The zero-order valence-electron chi connectivity index (χ0n) is 26.3. The molecule has 220 valence electrons. The molecule has 0 unspecified atom stereocenters. The quantitative estimate of drug-likeness (QED) is 0.121. The molecule has 1 aliphatic carbocycles. The molecule has 0 radical (unpaired) electrons. The van der Waals surface area contributed by atoms with Gasteiger partial charge in [-0.2, -0.15) is 0 Å². The van der Waals surface area contributed by atoms with Gasteiger partial charge >= 0.3 is 0 Å². The minimum Gasteiger partial charge on any atom is -0.294 e. The number of rotatable bonds is 9. The Bertz CT molecular complexity index is 2070. The van der Waals surface area contributed by atoms with E-state index >= 15 is 0 Å². The van der Waals surface area contributed by atoms with E-state index in [1.54, 1.807) is 6.08 Å². The third kappa shape index (κ3) is 4.71. The van der Waals surface area contributed by atoms with Crippen molar-refractivity contribution in [1.82, 2.24) is 4.57 Å². The number of allylic oxidation sites excluding steroid dienone is 10. The summed E-state index contributed by atoms with van der Waals surface area (Å²) in [6, 6.07) is 35.1. The van der Waals surface area contributed by atoms with Gasteiger partial charge in [0, 0.05) is 16.5 Å². The zero-order chi connectivity index (χ0) is 31.6. The maximum atomic E-state index is 5.10. The van der Waals surface area contributed by atoms with Crippen LogP contribution in [0.25, 0.3) is 33.2 Å². The molecule has 0 saturated carbocycles. The van der Waals surface area contributed by atoms with Gasteiger partial charge in [0.15, 0.2) is 0 Å². The van der Waals surface area contributed by atoms with Crippen molar-refractivity contribution in [3.63, 3.8) is 0 Å². The molecule has 0 spiro atoms. The van der Waals surface area contributed by atoms with Crippen molar-refractivity contribution < 1.29 is 0 Å². The Hall–Kier alpha value is -5.47. The van der Waals surface area contributed by atoms with E-state index in [-0.39, 0.29) is 0 Å². The molecular weight excluding hydrogens is 544 g/mol. The lowest BCUT2D eigenvalue weighted by atomic mass is 9.66. The molecule has 2 heteroatoms. The fraction of sp³-hybridized carbons (Fsp3) is 0.0930. The van der Waals surface area contributed by atoms with Crippen molar-refractivity contribution in [2.45, 2.75) is 26.2 Å². The highest BCUT2D eigenvalue weighted by molar-refractivity contribution is 6.13. The van der Waals surface area contributed by atoms with E-state index < -0.39 is 5.41 Å². The van der Waals surface area contributed by atoms with Gasteiger partial charge in [-0.3, -0.25) is 4.57 Å². The van der Waals surface area contributed by atoms with E-state index in [1.165, 1.54) is 38.6 Å². The number of nitrogens with zero attached hydrogens (tertiary/aromatic N) is 2. The molecule has 1 aliphatic rings. The second-order valence-electron chi connectivity index (χ2n) is 11.2. The molecule has 0 N–H and O–H groups in total. The molecule has 0 amide bonds. The molecular formula is C43H38N2. The van der Waals surface area contributed by atoms with Crippen LogP contribution in [0.2, 0.25) is 0 Å². The molecule has 45 heavy (non-hydrogen) atoms. The SMILES string of the molecule is C=C/C=C\C(=C)/C(C)=N/C(=C\C)n1c2ccccc2c2cc3c(cc21)C(C=C)=C(/C=C\C)C3(c1ccccc1)c1ccccc1.